The van der Waals surface area contributed by atoms with Crippen molar-refractivity contribution in [2.75, 3.05) is 19.6 Å². The van der Waals surface area contributed by atoms with Crippen molar-refractivity contribution in [2.24, 2.45) is 17.8 Å². The van der Waals surface area contributed by atoms with Crippen LogP contribution in [0.2, 0.25) is 0 Å². The second kappa shape index (κ2) is 8.51. The number of sulfonamides is 1. The number of piperidine rings is 2. The van der Waals surface area contributed by atoms with E-state index in [0.717, 1.165) is 38.6 Å². The first kappa shape index (κ1) is 21.4. The average molecular weight is 445 g/mol. The summed E-state index contributed by atoms with van der Waals surface area (Å²) in [6, 6.07) is 6.06. The molecule has 0 bridgehead atoms. The Hall–Kier alpha value is -1.40. The van der Waals surface area contributed by atoms with E-state index in [1.165, 1.54) is 30.4 Å². The first-order valence-corrected chi connectivity index (χ1v) is 13.8. The summed E-state index contributed by atoms with van der Waals surface area (Å²) >= 11 is 0. The lowest BCUT2D eigenvalue weighted by Crippen LogP contribution is -2.55. The van der Waals surface area contributed by atoms with Gasteiger partial charge in [0.2, 0.25) is 15.9 Å². The molecule has 0 aromatic heterocycles. The highest BCUT2D eigenvalue weighted by molar-refractivity contribution is 7.89. The van der Waals surface area contributed by atoms with Gasteiger partial charge in [-0.15, -0.1) is 0 Å². The van der Waals surface area contributed by atoms with Gasteiger partial charge in [-0.3, -0.25) is 4.79 Å². The number of aryl methyl sites for hydroxylation is 2. The molecule has 1 saturated carbocycles. The summed E-state index contributed by atoms with van der Waals surface area (Å²) in [6.45, 7) is 4.14. The van der Waals surface area contributed by atoms with E-state index in [2.05, 4.69) is 11.8 Å². The van der Waals surface area contributed by atoms with Gasteiger partial charge in [0.15, 0.2) is 0 Å². The Kier molecular flexibility index (Phi) is 5.89. The number of hydrogen-bond acceptors (Lipinski definition) is 3. The Labute approximate surface area is 187 Å². The highest BCUT2D eigenvalue weighted by atomic mass is 32.2. The van der Waals surface area contributed by atoms with Gasteiger partial charge < -0.3 is 4.90 Å². The van der Waals surface area contributed by atoms with Gasteiger partial charge in [-0.25, -0.2) is 8.42 Å². The highest BCUT2D eigenvalue weighted by Crippen LogP contribution is 2.40. The Morgan fingerprint density at radius 3 is 2.45 bits per heavy atom. The van der Waals surface area contributed by atoms with Crippen LogP contribution < -0.4 is 0 Å². The van der Waals surface area contributed by atoms with Crippen LogP contribution >= 0.6 is 0 Å². The highest BCUT2D eigenvalue weighted by Gasteiger charge is 2.42. The molecular weight excluding hydrogens is 408 g/mol. The van der Waals surface area contributed by atoms with Gasteiger partial charge in [-0.1, -0.05) is 25.8 Å². The third kappa shape index (κ3) is 3.95. The number of rotatable bonds is 3. The number of benzene rings is 1. The zero-order valence-corrected chi connectivity index (χ0v) is 19.6. The minimum absolute atomic E-state index is 0.0255. The minimum Gasteiger partial charge on any atom is -0.339 e. The molecule has 3 fully saturated rings. The first-order valence-electron chi connectivity index (χ1n) is 12.4. The van der Waals surface area contributed by atoms with E-state index in [-0.39, 0.29) is 5.92 Å². The van der Waals surface area contributed by atoms with Crippen molar-refractivity contribution in [2.45, 2.75) is 82.1 Å². The van der Waals surface area contributed by atoms with Crippen LogP contribution in [0, 0.1) is 17.8 Å². The molecule has 3 atom stereocenters. The number of carbonyl (C=O) groups is 1. The number of fused-ring (bicyclic) bond motifs is 2. The Bertz CT molecular complexity index is 936. The van der Waals surface area contributed by atoms with Gasteiger partial charge >= 0.3 is 0 Å². The second-order valence-corrected chi connectivity index (χ2v) is 12.2. The van der Waals surface area contributed by atoms with Gasteiger partial charge in [-0.2, -0.15) is 4.31 Å². The maximum Gasteiger partial charge on any atom is 0.243 e. The number of carbonyl (C=O) groups excluding carboxylic acids is 1. The number of nitrogens with zero attached hydrogens (tertiary/aromatic N) is 2. The second-order valence-electron chi connectivity index (χ2n) is 10.3. The lowest BCUT2D eigenvalue weighted by Gasteiger charge is -2.48. The summed E-state index contributed by atoms with van der Waals surface area (Å²) in [6.07, 6.45) is 10.5. The molecule has 2 aliphatic heterocycles. The molecule has 0 N–H and O–H groups in total. The van der Waals surface area contributed by atoms with Gasteiger partial charge in [0.25, 0.3) is 0 Å². The predicted octanol–water partition coefficient (Wildman–Crippen LogP) is 4.00. The molecule has 1 aromatic carbocycles. The van der Waals surface area contributed by atoms with Crippen LogP contribution in [0.5, 0.6) is 0 Å². The van der Waals surface area contributed by atoms with Crippen LogP contribution in [0.3, 0.4) is 0 Å². The van der Waals surface area contributed by atoms with Crippen LogP contribution in [-0.4, -0.2) is 49.2 Å². The summed E-state index contributed by atoms with van der Waals surface area (Å²) < 4.78 is 28.0. The van der Waals surface area contributed by atoms with E-state index in [1.54, 1.807) is 10.4 Å². The quantitative estimate of drug-likeness (QED) is 0.708. The molecule has 4 aliphatic rings. The molecule has 1 aromatic rings. The van der Waals surface area contributed by atoms with Crippen molar-refractivity contribution in [1.82, 2.24) is 9.21 Å². The van der Waals surface area contributed by atoms with Crippen molar-refractivity contribution >= 4 is 15.9 Å². The maximum atomic E-state index is 13.4. The summed E-state index contributed by atoms with van der Waals surface area (Å²) in [5, 5.41) is 0. The number of amides is 1. The van der Waals surface area contributed by atoms with Crippen LogP contribution in [-0.2, 0) is 27.7 Å². The topological polar surface area (TPSA) is 57.7 Å². The first-order chi connectivity index (χ1) is 14.9. The standard InChI is InChI=1S/C25H36N2O3S/c1-18-11-16-27(24-8-3-2-7-23(18)24)25(28)20-12-14-26(15-13-20)31(29,30)22-10-9-19-5-4-6-21(19)17-22/h9-10,17-18,20,23-24H,2-8,11-16H2,1H3/t18-,23+,24+/m1/s1. The molecule has 6 heteroatoms. The molecule has 31 heavy (non-hydrogen) atoms. The molecule has 170 valence electrons. The van der Waals surface area contributed by atoms with Crippen LogP contribution in [0.4, 0.5) is 0 Å². The number of likely N-dealkylation sites (tertiary alicyclic amines) is 1. The SMILES string of the molecule is C[C@@H]1CCN(C(=O)C2CCN(S(=O)(=O)c3ccc4c(c3)CCC4)CC2)[C@H]2CCCC[C@@H]12. The van der Waals surface area contributed by atoms with E-state index in [4.69, 9.17) is 0 Å². The van der Waals surface area contributed by atoms with Crippen molar-refractivity contribution in [1.29, 1.82) is 0 Å². The van der Waals surface area contributed by atoms with Crippen molar-refractivity contribution in [3.05, 3.63) is 29.3 Å². The van der Waals surface area contributed by atoms with Gasteiger partial charge in [-0.05, 0) is 86.5 Å². The van der Waals surface area contributed by atoms with Crippen molar-refractivity contribution < 1.29 is 13.2 Å². The van der Waals surface area contributed by atoms with Gasteiger partial charge in [0, 0.05) is 31.6 Å². The lowest BCUT2D eigenvalue weighted by molar-refractivity contribution is -0.144. The van der Waals surface area contributed by atoms with Crippen LogP contribution in [0.25, 0.3) is 0 Å². The molecule has 1 amide bonds. The van der Waals surface area contributed by atoms with E-state index >= 15 is 0 Å². The zero-order valence-electron chi connectivity index (χ0n) is 18.8. The Balaban J connectivity index is 1.24. The van der Waals surface area contributed by atoms with Gasteiger partial charge in [0.05, 0.1) is 4.90 Å². The molecular formula is C25H36N2O3S. The van der Waals surface area contributed by atoms with E-state index in [0.29, 0.717) is 54.6 Å². The lowest BCUT2D eigenvalue weighted by atomic mass is 9.72. The molecule has 2 saturated heterocycles. The molecule has 2 aliphatic carbocycles. The monoisotopic (exact) mass is 444 g/mol. The average Bonchev–Trinajstić information content (AvgIpc) is 3.27. The third-order valence-electron chi connectivity index (χ3n) is 8.53. The Morgan fingerprint density at radius 2 is 1.65 bits per heavy atom. The molecule has 0 unspecified atom stereocenters. The van der Waals surface area contributed by atoms with E-state index in [1.807, 2.05) is 12.1 Å². The molecule has 2 heterocycles. The smallest absolute Gasteiger partial charge is 0.243 e. The fraction of sp³-hybridized carbons (Fsp3) is 0.720. The molecule has 5 rings (SSSR count). The largest absolute Gasteiger partial charge is 0.339 e. The maximum absolute atomic E-state index is 13.4. The fourth-order valence-corrected chi connectivity index (χ4v) is 8.14. The van der Waals surface area contributed by atoms with Crippen molar-refractivity contribution in [3.63, 3.8) is 0 Å². The predicted molar refractivity (Wildman–Crippen MR) is 121 cm³/mol. The zero-order chi connectivity index (χ0) is 21.6. The molecule has 5 nitrogen and oxygen atoms in total. The molecule has 0 radical (unpaired) electrons. The van der Waals surface area contributed by atoms with E-state index in [9.17, 15) is 13.2 Å². The Morgan fingerprint density at radius 1 is 0.903 bits per heavy atom. The van der Waals surface area contributed by atoms with E-state index < -0.39 is 10.0 Å². The molecule has 0 spiro atoms. The summed E-state index contributed by atoms with van der Waals surface area (Å²) in [5.74, 6) is 1.64. The fourth-order valence-electron chi connectivity index (χ4n) is 6.62. The van der Waals surface area contributed by atoms with Crippen LogP contribution in [0.15, 0.2) is 23.1 Å². The summed E-state index contributed by atoms with van der Waals surface area (Å²) in [7, 11) is -3.48. The summed E-state index contributed by atoms with van der Waals surface area (Å²) in [4.78, 5) is 16.0. The van der Waals surface area contributed by atoms with Gasteiger partial charge in [0.1, 0.15) is 0 Å². The van der Waals surface area contributed by atoms with Crippen molar-refractivity contribution in [3.8, 4) is 0 Å². The normalized spacial score (nSPS) is 30.1. The summed E-state index contributed by atoms with van der Waals surface area (Å²) in [5.41, 5.74) is 2.48. The number of hydrogen-bond donors (Lipinski definition) is 0. The third-order valence-corrected chi connectivity index (χ3v) is 10.4. The minimum atomic E-state index is -3.48. The van der Waals surface area contributed by atoms with Crippen LogP contribution in [0.1, 0.15) is 69.4 Å².